The SMILES string of the molecule is CCCCCCCCCCCCCCCOP(C)(=O)OCCCCCCCCCCCCCCC. The zero-order valence-electron chi connectivity index (χ0n) is 24.5. The molecule has 0 amide bonds. The van der Waals surface area contributed by atoms with Gasteiger partial charge < -0.3 is 9.05 Å². The molecule has 0 bridgehead atoms. The van der Waals surface area contributed by atoms with Crippen LogP contribution in [0, 0.1) is 0 Å². The number of hydrogen-bond donors (Lipinski definition) is 0. The zero-order chi connectivity index (χ0) is 25.7. The molecule has 0 fully saturated rings. The van der Waals surface area contributed by atoms with E-state index in [1.54, 1.807) is 6.66 Å². The smallest absolute Gasteiger partial charge is 0.309 e. The molecule has 35 heavy (non-hydrogen) atoms. The lowest BCUT2D eigenvalue weighted by Crippen LogP contribution is -1.98. The van der Waals surface area contributed by atoms with Gasteiger partial charge in [-0.3, -0.25) is 4.57 Å². The quantitative estimate of drug-likeness (QED) is 0.0703. The minimum Gasteiger partial charge on any atom is -0.309 e. The molecule has 0 heterocycles. The van der Waals surface area contributed by atoms with E-state index in [9.17, 15) is 4.57 Å². The van der Waals surface area contributed by atoms with Crippen molar-refractivity contribution in [3.05, 3.63) is 0 Å². The molecule has 212 valence electrons. The average Bonchev–Trinajstić information content (AvgIpc) is 2.84. The van der Waals surface area contributed by atoms with Gasteiger partial charge in [-0.2, -0.15) is 0 Å². The van der Waals surface area contributed by atoms with Gasteiger partial charge in [0, 0.05) is 6.66 Å². The Bertz CT molecular complexity index is 405. The van der Waals surface area contributed by atoms with E-state index < -0.39 is 7.60 Å². The van der Waals surface area contributed by atoms with E-state index in [1.807, 2.05) is 0 Å². The molecular formula is C31H65O3P. The van der Waals surface area contributed by atoms with Crippen LogP contribution in [0.2, 0.25) is 0 Å². The highest BCUT2D eigenvalue weighted by molar-refractivity contribution is 7.52. The Morgan fingerprint density at radius 1 is 0.371 bits per heavy atom. The average molecular weight is 517 g/mol. The predicted molar refractivity (Wildman–Crippen MR) is 157 cm³/mol. The van der Waals surface area contributed by atoms with Gasteiger partial charge >= 0.3 is 7.60 Å². The first kappa shape index (κ1) is 35.2. The van der Waals surface area contributed by atoms with Crippen LogP contribution in [-0.4, -0.2) is 19.9 Å². The lowest BCUT2D eigenvalue weighted by Gasteiger charge is -2.14. The normalized spacial score (nSPS) is 12.0. The van der Waals surface area contributed by atoms with Gasteiger partial charge in [0.1, 0.15) is 0 Å². The summed E-state index contributed by atoms with van der Waals surface area (Å²) < 4.78 is 23.6. The van der Waals surface area contributed by atoms with Crippen LogP contribution in [0.4, 0.5) is 0 Å². The van der Waals surface area contributed by atoms with Crippen molar-refractivity contribution < 1.29 is 13.6 Å². The molecule has 0 saturated heterocycles. The fourth-order valence-electron chi connectivity index (χ4n) is 4.74. The summed E-state index contributed by atoms with van der Waals surface area (Å²) in [5, 5.41) is 0. The molecule has 0 unspecified atom stereocenters. The van der Waals surface area contributed by atoms with E-state index in [0.717, 1.165) is 12.8 Å². The third-order valence-corrected chi connectivity index (χ3v) is 8.45. The van der Waals surface area contributed by atoms with Crippen molar-refractivity contribution in [1.29, 1.82) is 0 Å². The van der Waals surface area contributed by atoms with Gasteiger partial charge in [-0.15, -0.1) is 0 Å². The van der Waals surface area contributed by atoms with E-state index >= 15 is 0 Å². The van der Waals surface area contributed by atoms with Gasteiger partial charge in [-0.25, -0.2) is 0 Å². The van der Waals surface area contributed by atoms with Crippen molar-refractivity contribution in [3.63, 3.8) is 0 Å². The molecule has 0 radical (unpaired) electrons. The van der Waals surface area contributed by atoms with E-state index in [4.69, 9.17) is 9.05 Å². The standard InChI is InChI=1S/C31H65O3P/c1-4-6-8-10-12-14-16-18-20-22-24-26-28-30-33-35(3,32)34-31-29-27-25-23-21-19-17-15-13-11-9-7-5-2/h4-31H2,1-3H3. The Morgan fingerprint density at radius 3 is 0.800 bits per heavy atom. The highest BCUT2D eigenvalue weighted by atomic mass is 31.2. The van der Waals surface area contributed by atoms with Crippen LogP contribution in [0.3, 0.4) is 0 Å². The molecule has 0 spiro atoms. The largest absolute Gasteiger partial charge is 0.327 e. The van der Waals surface area contributed by atoms with Crippen LogP contribution in [0.25, 0.3) is 0 Å². The van der Waals surface area contributed by atoms with Gasteiger partial charge in [-0.05, 0) is 12.8 Å². The van der Waals surface area contributed by atoms with Crippen molar-refractivity contribution in [2.24, 2.45) is 0 Å². The van der Waals surface area contributed by atoms with Crippen molar-refractivity contribution in [3.8, 4) is 0 Å². The summed E-state index contributed by atoms with van der Waals surface area (Å²) >= 11 is 0. The molecule has 0 aliphatic rings. The zero-order valence-corrected chi connectivity index (χ0v) is 25.4. The van der Waals surface area contributed by atoms with Crippen molar-refractivity contribution in [2.75, 3.05) is 19.9 Å². The summed E-state index contributed by atoms with van der Waals surface area (Å²) in [5.41, 5.74) is 0. The van der Waals surface area contributed by atoms with Crippen molar-refractivity contribution in [2.45, 2.75) is 181 Å². The van der Waals surface area contributed by atoms with Gasteiger partial charge in [0.25, 0.3) is 0 Å². The molecule has 0 N–H and O–H groups in total. The molecule has 0 aromatic rings. The summed E-state index contributed by atoms with van der Waals surface area (Å²) in [6.45, 7) is 7.34. The number of rotatable bonds is 30. The van der Waals surface area contributed by atoms with Gasteiger partial charge in [-0.1, -0.05) is 168 Å². The van der Waals surface area contributed by atoms with E-state index in [2.05, 4.69) is 13.8 Å². The lowest BCUT2D eigenvalue weighted by atomic mass is 10.0. The maximum atomic E-state index is 12.4. The minimum absolute atomic E-state index is 0.574. The van der Waals surface area contributed by atoms with Crippen LogP contribution in [0.1, 0.15) is 181 Å². The first-order valence-electron chi connectivity index (χ1n) is 16.0. The summed E-state index contributed by atoms with van der Waals surface area (Å²) in [7, 11) is -2.86. The second kappa shape index (κ2) is 28.7. The molecule has 0 saturated carbocycles. The maximum Gasteiger partial charge on any atom is 0.327 e. The number of hydrogen-bond acceptors (Lipinski definition) is 3. The maximum absolute atomic E-state index is 12.4. The highest BCUT2D eigenvalue weighted by Gasteiger charge is 2.15. The third-order valence-electron chi connectivity index (χ3n) is 7.15. The van der Waals surface area contributed by atoms with Gasteiger partial charge in [0.05, 0.1) is 13.2 Å². The molecule has 0 aliphatic carbocycles. The second-order valence-electron chi connectivity index (χ2n) is 10.9. The monoisotopic (exact) mass is 516 g/mol. The fourth-order valence-corrected chi connectivity index (χ4v) is 5.73. The topological polar surface area (TPSA) is 35.5 Å². The summed E-state index contributed by atoms with van der Waals surface area (Å²) in [5.74, 6) is 0. The van der Waals surface area contributed by atoms with Gasteiger partial charge in [0.2, 0.25) is 0 Å². The third kappa shape index (κ3) is 30.3. The Kier molecular flexibility index (Phi) is 28.8. The lowest BCUT2D eigenvalue weighted by molar-refractivity contribution is 0.202. The Balaban J connectivity index is 3.28. The Labute approximate surface area is 221 Å². The molecule has 0 aromatic carbocycles. The van der Waals surface area contributed by atoms with Gasteiger partial charge in [0.15, 0.2) is 0 Å². The van der Waals surface area contributed by atoms with E-state index in [0.29, 0.717) is 13.2 Å². The summed E-state index contributed by atoms with van der Waals surface area (Å²) in [6.07, 6.45) is 34.8. The minimum atomic E-state index is -2.86. The Morgan fingerprint density at radius 2 is 0.571 bits per heavy atom. The molecule has 3 nitrogen and oxygen atoms in total. The highest BCUT2D eigenvalue weighted by Crippen LogP contribution is 2.44. The molecule has 0 atom stereocenters. The first-order valence-corrected chi connectivity index (χ1v) is 18.0. The predicted octanol–water partition coefficient (Wildman–Crippen LogP) is 12.0. The van der Waals surface area contributed by atoms with Crippen LogP contribution in [0.15, 0.2) is 0 Å². The summed E-state index contributed by atoms with van der Waals surface area (Å²) in [6, 6.07) is 0. The van der Waals surface area contributed by atoms with Crippen LogP contribution in [-0.2, 0) is 13.6 Å². The van der Waals surface area contributed by atoms with Crippen molar-refractivity contribution >= 4 is 7.60 Å². The van der Waals surface area contributed by atoms with E-state index in [-0.39, 0.29) is 0 Å². The van der Waals surface area contributed by atoms with Crippen LogP contribution in [0.5, 0.6) is 0 Å². The van der Waals surface area contributed by atoms with Crippen molar-refractivity contribution in [1.82, 2.24) is 0 Å². The molecule has 0 aromatic heterocycles. The van der Waals surface area contributed by atoms with Crippen LogP contribution >= 0.6 is 7.60 Å². The molecular weight excluding hydrogens is 451 g/mol. The molecule has 0 rings (SSSR count). The Hall–Kier alpha value is 0.150. The fraction of sp³-hybridized carbons (Fsp3) is 1.00. The number of unbranched alkanes of at least 4 members (excludes halogenated alkanes) is 24. The van der Waals surface area contributed by atoms with Crippen LogP contribution < -0.4 is 0 Å². The molecule has 0 aliphatic heterocycles. The summed E-state index contributed by atoms with van der Waals surface area (Å²) in [4.78, 5) is 0. The first-order chi connectivity index (χ1) is 17.1. The second-order valence-corrected chi connectivity index (χ2v) is 13.0. The van der Waals surface area contributed by atoms with E-state index in [1.165, 1.54) is 154 Å². The molecule has 4 heteroatoms.